The van der Waals surface area contributed by atoms with E-state index in [4.69, 9.17) is 0 Å². The number of allylic oxidation sites excluding steroid dienone is 8. The molecule has 0 aromatic heterocycles. The van der Waals surface area contributed by atoms with Gasteiger partial charge in [-0.15, -0.1) is 0 Å². The summed E-state index contributed by atoms with van der Waals surface area (Å²) in [5.74, 6) is 0.307. The molecule has 2 aliphatic rings. The van der Waals surface area contributed by atoms with Crippen molar-refractivity contribution in [3.8, 4) is 0 Å². The van der Waals surface area contributed by atoms with Gasteiger partial charge in [-0.1, -0.05) is 125 Å². The van der Waals surface area contributed by atoms with Gasteiger partial charge in [0.25, 0.3) is 0 Å². The maximum Gasteiger partial charge on any atom is 0.186 e. The molecular formula is C42H60O2. The quantitative estimate of drug-likeness (QED) is 0.299. The van der Waals surface area contributed by atoms with Crippen LogP contribution in [0.15, 0.2) is 58.7 Å². The SMILES string of the molecule is CC(C)(C)C1=CC(=c2cc(C(C)(C)C)c(=C3C=C(C(C)(C)C)C(=O)C(C(C)(C)C)=C3)cc2C(C)(C)C)C=C(C(C)(C)C)C1=O. The molecule has 0 bridgehead atoms. The lowest BCUT2D eigenvalue weighted by molar-refractivity contribution is -0.114. The minimum absolute atomic E-state index is 0.154. The predicted octanol–water partition coefficient (Wildman–Crippen LogP) is 9.64. The van der Waals surface area contributed by atoms with E-state index in [1.54, 1.807) is 0 Å². The van der Waals surface area contributed by atoms with Crippen LogP contribution in [0.3, 0.4) is 0 Å². The highest BCUT2D eigenvalue weighted by Gasteiger charge is 2.36. The fourth-order valence-electron chi connectivity index (χ4n) is 6.12. The first kappa shape index (κ1) is 35.7. The van der Waals surface area contributed by atoms with E-state index >= 15 is 0 Å². The molecule has 240 valence electrons. The summed E-state index contributed by atoms with van der Waals surface area (Å²) in [5.41, 5.74) is 6.63. The van der Waals surface area contributed by atoms with E-state index in [9.17, 15) is 9.59 Å². The number of carbonyl (C=O) groups is 2. The number of rotatable bonds is 0. The van der Waals surface area contributed by atoms with E-state index in [-0.39, 0.29) is 44.1 Å². The van der Waals surface area contributed by atoms with Gasteiger partial charge in [-0.05, 0) is 102 Å². The normalized spacial score (nSPS) is 17.9. The van der Waals surface area contributed by atoms with Gasteiger partial charge in [0.05, 0.1) is 0 Å². The molecule has 0 saturated heterocycles. The van der Waals surface area contributed by atoms with Gasteiger partial charge < -0.3 is 0 Å². The van der Waals surface area contributed by atoms with Crippen LogP contribution < -0.4 is 10.4 Å². The Hall–Kier alpha value is -2.74. The highest BCUT2D eigenvalue weighted by Crippen LogP contribution is 2.41. The molecule has 0 spiro atoms. The fraction of sp³-hybridized carbons (Fsp3) is 0.571. The zero-order chi connectivity index (χ0) is 34.2. The third-order valence-corrected chi connectivity index (χ3v) is 8.81. The molecule has 3 rings (SSSR count). The monoisotopic (exact) mass is 596 g/mol. The van der Waals surface area contributed by atoms with Crippen molar-refractivity contribution in [2.75, 3.05) is 0 Å². The Balaban J connectivity index is 2.74. The zero-order valence-corrected chi connectivity index (χ0v) is 31.3. The molecule has 1 aromatic rings. The van der Waals surface area contributed by atoms with Gasteiger partial charge >= 0.3 is 0 Å². The topological polar surface area (TPSA) is 34.1 Å². The number of hydrogen-bond acceptors (Lipinski definition) is 2. The lowest BCUT2D eigenvalue weighted by atomic mass is 9.70. The first-order valence-corrected chi connectivity index (χ1v) is 16.4. The highest BCUT2D eigenvalue weighted by atomic mass is 16.1. The summed E-state index contributed by atoms with van der Waals surface area (Å²) < 4.78 is 0. The zero-order valence-electron chi connectivity index (χ0n) is 31.3. The average Bonchev–Trinajstić information content (AvgIpc) is 2.79. The van der Waals surface area contributed by atoms with E-state index in [1.807, 2.05) is 0 Å². The second kappa shape index (κ2) is 11.0. The van der Waals surface area contributed by atoms with Crippen molar-refractivity contribution in [1.82, 2.24) is 0 Å². The van der Waals surface area contributed by atoms with Crippen LogP contribution in [-0.2, 0) is 20.4 Å². The molecule has 0 unspecified atom stereocenters. The van der Waals surface area contributed by atoms with Crippen molar-refractivity contribution < 1.29 is 9.59 Å². The second-order valence-corrected chi connectivity index (χ2v) is 19.2. The van der Waals surface area contributed by atoms with Gasteiger partial charge in [0, 0.05) is 22.3 Å². The van der Waals surface area contributed by atoms with Crippen molar-refractivity contribution in [1.29, 1.82) is 0 Å². The van der Waals surface area contributed by atoms with E-state index in [2.05, 4.69) is 161 Å². The number of ketones is 2. The molecule has 44 heavy (non-hydrogen) atoms. The lowest BCUT2D eigenvalue weighted by Crippen LogP contribution is -2.35. The van der Waals surface area contributed by atoms with Crippen LogP contribution in [-0.4, -0.2) is 11.6 Å². The summed E-state index contributed by atoms with van der Waals surface area (Å²) in [4.78, 5) is 27.6. The van der Waals surface area contributed by atoms with Crippen LogP contribution in [0.1, 0.15) is 136 Å². The van der Waals surface area contributed by atoms with Crippen LogP contribution in [0, 0.1) is 21.7 Å². The number of hydrogen-bond donors (Lipinski definition) is 0. The third kappa shape index (κ3) is 7.21. The largest absolute Gasteiger partial charge is 0.289 e. The Kier molecular flexibility index (Phi) is 8.90. The number of carbonyl (C=O) groups excluding carboxylic acids is 2. The Morgan fingerprint density at radius 2 is 0.545 bits per heavy atom. The summed E-state index contributed by atoms with van der Waals surface area (Å²) in [6, 6.07) is 4.76. The van der Waals surface area contributed by atoms with Crippen molar-refractivity contribution in [3.05, 3.63) is 80.3 Å². The first-order chi connectivity index (χ1) is 19.5. The molecule has 0 amide bonds. The summed E-state index contributed by atoms with van der Waals surface area (Å²) in [5, 5.41) is 2.35. The van der Waals surface area contributed by atoms with Crippen molar-refractivity contribution in [3.63, 3.8) is 0 Å². The lowest BCUT2D eigenvalue weighted by Gasteiger charge is -2.33. The van der Waals surface area contributed by atoms with Crippen molar-refractivity contribution >= 4 is 22.7 Å². The van der Waals surface area contributed by atoms with Gasteiger partial charge in [0.2, 0.25) is 0 Å². The molecular weight excluding hydrogens is 536 g/mol. The smallest absolute Gasteiger partial charge is 0.186 e. The van der Waals surface area contributed by atoms with Gasteiger partial charge in [0.15, 0.2) is 11.6 Å². The minimum Gasteiger partial charge on any atom is -0.289 e. The maximum atomic E-state index is 13.8. The van der Waals surface area contributed by atoms with Crippen LogP contribution >= 0.6 is 0 Å². The van der Waals surface area contributed by atoms with E-state index < -0.39 is 0 Å². The molecule has 0 N–H and O–H groups in total. The maximum absolute atomic E-state index is 13.8. The second-order valence-electron chi connectivity index (χ2n) is 19.2. The third-order valence-electron chi connectivity index (χ3n) is 8.81. The predicted molar refractivity (Wildman–Crippen MR) is 190 cm³/mol. The number of benzene rings is 1. The molecule has 0 aliphatic heterocycles. The molecule has 0 heterocycles. The van der Waals surface area contributed by atoms with Gasteiger partial charge in [-0.3, -0.25) is 9.59 Å². The first-order valence-electron chi connectivity index (χ1n) is 16.4. The molecule has 1 aromatic carbocycles. The van der Waals surface area contributed by atoms with Gasteiger partial charge in [0.1, 0.15) is 0 Å². The van der Waals surface area contributed by atoms with Gasteiger partial charge in [-0.25, -0.2) is 0 Å². The van der Waals surface area contributed by atoms with Crippen LogP contribution in [0.2, 0.25) is 0 Å². The van der Waals surface area contributed by atoms with Crippen molar-refractivity contribution in [2.45, 2.75) is 135 Å². The number of Topliss-reactive ketones (excluding diaryl/α,β-unsaturated/α-hetero) is 2. The molecule has 0 radical (unpaired) electrons. The molecule has 2 heteroatoms. The van der Waals surface area contributed by atoms with Crippen molar-refractivity contribution in [2.24, 2.45) is 21.7 Å². The van der Waals surface area contributed by atoms with Crippen LogP contribution in [0.4, 0.5) is 0 Å². The standard InChI is InChI=1S/C42H60O2/c1-37(2,3)29-23-28(26-21-33(41(13,14)15)36(44)34(22-26)42(16,17)18)30(38(4,5)6)24-27(29)25-19-31(39(7,8)9)35(43)32(20-25)40(10,11)12/h19-24H,1-18H3. The van der Waals surface area contributed by atoms with E-state index in [0.717, 1.165) is 33.4 Å². The van der Waals surface area contributed by atoms with Crippen LogP contribution in [0.25, 0.3) is 11.1 Å². The Morgan fingerprint density at radius 3 is 0.705 bits per heavy atom. The molecule has 2 aliphatic carbocycles. The highest BCUT2D eigenvalue weighted by molar-refractivity contribution is 6.15. The molecule has 0 atom stereocenters. The van der Waals surface area contributed by atoms with E-state index in [1.165, 1.54) is 21.6 Å². The minimum atomic E-state index is -0.283. The summed E-state index contributed by atoms with van der Waals surface area (Å²) in [7, 11) is 0. The molecule has 0 saturated carbocycles. The van der Waals surface area contributed by atoms with E-state index in [0.29, 0.717) is 0 Å². The Morgan fingerprint density at radius 1 is 0.341 bits per heavy atom. The molecule has 0 fully saturated rings. The molecule has 2 nitrogen and oxygen atoms in total. The summed E-state index contributed by atoms with van der Waals surface area (Å²) in [6.45, 7) is 39.2. The Labute approximate surface area is 269 Å². The fourth-order valence-corrected chi connectivity index (χ4v) is 6.12. The summed E-state index contributed by atoms with van der Waals surface area (Å²) >= 11 is 0. The van der Waals surface area contributed by atoms with Crippen LogP contribution in [0.5, 0.6) is 0 Å². The summed E-state index contributed by atoms with van der Waals surface area (Å²) in [6.07, 6.45) is 8.59. The Bertz CT molecular complexity index is 1440. The average molecular weight is 597 g/mol. The van der Waals surface area contributed by atoms with Gasteiger partial charge in [-0.2, -0.15) is 0 Å².